The molecule has 0 amide bonds. The zero-order chi connectivity index (χ0) is 25.1. The van der Waals surface area contributed by atoms with Gasteiger partial charge in [-0.05, 0) is 61.3 Å². The van der Waals surface area contributed by atoms with Crippen molar-refractivity contribution in [1.29, 1.82) is 0 Å². The SMILES string of the molecule is Cc1cc(Nc2ncc(C=Cc3ccc4nc(N)sc4c3)cn2)ccc1S(=O)(=O)N1CCCNCC1.Cl. The van der Waals surface area contributed by atoms with E-state index in [1.165, 1.54) is 11.3 Å². The molecule has 3 heterocycles. The van der Waals surface area contributed by atoms with Gasteiger partial charge in [0.1, 0.15) is 0 Å². The van der Waals surface area contributed by atoms with Crippen LogP contribution in [0.15, 0.2) is 53.7 Å². The van der Waals surface area contributed by atoms with Gasteiger partial charge in [-0.25, -0.2) is 23.4 Å². The third kappa shape index (κ3) is 6.25. The summed E-state index contributed by atoms with van der Waals surface area (Å²) in [4.78, 5) is 13.4. The van der Waals surface area contributed by atoms with Crippen LogP contribution in [0.3, 0.4) is 0 Å². The van der Waals surface area contributed by atoms with Crippen LogP contribution in [0, 0.1) is 6.92 Å². The summed E-state index contributed by atoms with van der Waals surface area (Å²) in [6.07, 6.45) is 8.20. The number of halogens is 1. The van der Waals surface area contributed by atoms with Crippen LogP contribution >= 0.6 is 23.7 Å². The van der Waals surface area contributed by atoms with E-state index in [0.717, 1.165) is 40.0 Å². The van der Waals surface area contributed by atoms with Crippen LogP contribution in [-0.2, 0) is 10.0 Å². The molecule has 0 saturated carbocycles. The molecule has 4 aromatic rings. The summed E-state index contributed by atoms with van der Waals surface area (Å²) >= 11 is 1.46. The molecule has 2 aromatic carbocycles. The molecule has 194 valence electrons. The Kier molecular flexibility index (Phi) is 8.40. The quantitative estimate of drug-likeness (QED) is 0.320. The molecule has 1 aliphatic rings. The van der Waals surface area contributed by atoms with Gasteiger partial charge in [0, 0.05) is 43.3 Å². The fourth-order valence-corrected chi connectivity index (χ4v) is 6.56. The predicted molar refractivity (Wildman–Crippen MR) is 153 cm³/mol. The summed E-state index contributed by atoms with van der Waals surface area (Å²) < 4.78 is 28.9. The molecule has 0 atom stereocenters. The molecule has 12 heteroatoms. The van der Waals surface area contributed by atoms with E-state index in [-0.39, 0.29) is 12.4 Å². The first-order chi connectivity index (χ1) is 17.4. The minimum absolute atomic E-state index is 0. The topological polar surface area (TPSA) is 126 Å². The molecular formula is C25H28ClN7O2S2. The van der Waals surface area contributed by atoms with E-state index in [0.29, 0.717) is 41.2 Å². The van der Waals surface area contributed by atoms with E-state index < -0.39 is 10.0 Å². The van der Waals surface area contributed by atoms with Crippen molar-refractivity contribution in [1.82, 2.24) is 24.6 Å². The molecule has 0 radical (unpaired) electrons. The summed E-state index contributed by atoms with van der Waals surface area (Å²) in [5, 5.41) is 6.95. The second kappa shape index (κ2) is 11.5. The molecule has 1 aliphatic heterocycles. The van der Waals surface area contributed by atoms with Crippen LogP contribution < -0.4 is 16.4 Å². The van der Waals surface area contributed by atoms with Crippen molar-refractivity contribution in [3.63, 3.8) is 0 Å². The summed E-state index contributed by atoms with van der Waals surface area (Å²) in [6, 6.07) is 11.2. The van der Waals surface area contributed by atoms with Gasteiger partial charge in [-0.15, -0.1) is 12.4 Å². The van der Waals surface area contributed by atoms with Crippen molar-refractivity contribution in [2.75, 3.05) is 37.2 Å². The number of nitrogens with one attached hydrogen (secondary N) is 2. The number of hydrogen-bond donors (Lipinski definition) is 3. The van der Waals surface area contributed by atoms with Crippen LogP contribution in [0.25, 0.3) is 22.4 Å². The number of nitrogen functional groups attached to an aromatic ring is 1. The van der Waals surface area contributed by atoms with Gasteiger partial charge in [0.05, 0.1) is 15.1 Å². The van der Waals surface area contributed by atoms with E-state index in [1.807, 2.05) is 36.4 Å². The van der Waals surface area contributed by atoms with Gasteiger partial charge >= 0.3 is 0 Å². The number of nitrogens with zero attached hydrogens (tertiary/aromatic N) is 4. The number of fused-ring (bicyclic) bond motifs is 1. The fourth-order valence-electron chi connectivity index (χ4n) is 4.09. The molecule has 9 nitrogen and oxygen atoms in total. The van der Waals surface area contributed by atoms with E-state index in [9.17, 15) is 8.42 Å². The lowest BCUT2D eigenvalue weighted by Crippen LogP contribution is -2.34. The Morgan fingerprint density at radius 2 is 1.84 bits per heavy atom. The molecule has 37 heavy (non-hydrogen) atoms. The zero-order valence-corrected chi connectivity index (χ0v) is 22.7. The standard InChI is InChI=1S/C25H27N7O2S2.ClH/c1-17-13-20(6-8-23(17)36(33,34)32-11-2-9-27-10-12-32)30-25-28-15-19(16-29-25)4-3-18-5-7-21-22(14-18)35-24(26)31-21;/h3-8,13-16,27H,2,9-12H2,1H3,(H2,26,31)(H,28,29,30);1H. The van der Waals surface area contributed by atoms with E-state index >= 15 is 0 Å². The van der Waals surface area contributed by atoms with Gasteiger partial charge in [0.25, 0.3) is 0 Å². The summed E-state index contributed by atoms with van der Waals surface area (Å²) in [7, 11) is -3.53. The summed E-state index contributed by atoms with van der Waals surface area (Å²) in [5.41, 5.74) is 9.98. The first-order valence-corrected chi connectivity index (χ1v) is 13.9. The molecule has 2 aromatic heterocycles. The van der Waals surface area contributed by atoms with Crippen LogP contribution in [-0.4, -0.2) is 53.9 Å². The van der Waals surface area contributed by atoms with Crippen molar-refractivity contribution in [2.45, 2.75) is 18.2 Å². The smallest absolute Gasteiger partial charge is 0.243 e. The third-order valence-electron chi connectivity index (χ3n) is 5.92. The third-order valence-corrected chi connectivity index (χ3v) is 8.82. The largest absolute Gasteiger partial charge is 0.375 e. The number of thiazole rings is 1. The van der Waals surface area contributed by atoms with E-state index in [1.54, 1.807) is 35.8 Å². The maximum absolute atomic E-state index is 13.1. The predicted octanol–water partition coefficient (Wildman–Crippen LogP) is 4.30. The highest BCUT2D eigenvalue weighted by atomic mass is 35.5. The van der Waals surface area contributed by atoms with Crippen molar-refractivity contribution in [2.24, 2.45) is 0 Å². The Labute approximate surface area is 226 Å². The molecule has 5 rings (SSSR count). The second-order valence-corrected chi connectivity index (χ2v) is 11.5. The second-order valence-electron chi connectivity index (χ2n) is 8.57. The molecule has 0 bridgehead atoms. The maximum Gasteiger partial charge on any atom is 0.243 e. The number of sulfonamides is 1. The normalized spacial score (nSPS) is 14.9. The summed E-state index contributed by atoms with van der Waals surface area (Å²) in [5.74, 6) is 0.433. The lowest BCUT2D eigenvalue weighted by Gasteiger charge is -2.21. The first-order valence-electron chi connectivity index (χ1n) is 11.6. The van der Waals surface area contributed by atoms with E-state index in [2.05, 4.69) is 25.6 Å². The Bertz CT molecular complexity index is 1510. The number of hydrogen-bond acceptors (Lipinski definition) is 9. The minimum atomic E-state index is -3.53. The lowest BCUT2D eigenvalue weighted by molar-refractivity contribution is 0.431. The van der Waals surface area contributed by atoms with Gasteiger partial charge in [0.15, 0.2) is 5.13 Å². The van der Waals surface area contributed by atoms with Gasteiger partial charge < -0.3 is 16.4 Å². The van der Waals surface area contributed by atoms with Crippen molar-refractivity contribution in [3.8, 4) is 0 Å². The van der Waals surface area contributed by atoms with Crippen LogP contribution in [0.2, 0.25) is 0 Å². The van der Waals surface area contributed by atoms with E-state index in [4.69, 9.17) is 5.73 Å². The highest BCUT2D eigenvalue weighted by molar-refractivity contribution is 7.89. The number of benzene rings is 2. The Morgan fingerprint density at radius 1 is 1.05 bits per heavy atom. The monoisotopic (exact) mass is 557 g/mol. The zero-order valence-electron chi connectivity index (χ0n) is 20.2. The molecule has 1 fully saturated rings. The number of rotatable bonds is 6. The molecular weight excluding hydrogens is 530 g/mol. The Balaban J connectivity index is 0.00000320. The van der Waals surface area contributed by atoms with Crippen molar-refractivity contribution in [3.05, 3.63) is 65.5 Å². The number of aryl methyl sites for hydroxylation is 1. The maximum atomic E-state index is 13.1. The molecule has 0 aliphatic carbocycles. The first kappa shape index (κ1) is 27.0. The number of aromatic nitrogens is 3. The Morgan fingerprint density at radius 3 is 2.62 bits per heavy atom. The van der Waals surface area contributed by atoms with Crippen LogP contribution in [0.1, 0.15) is 23.1 Å². The van der Waals surface area contributed by atoms with Gasteiger partial charge in [-0.3, -0.25) is 0 Å². The average molecular weight is 558 g/mol. The number of anilines is 3. The van der Waals surface area contributed by atoms with Crippen LogP contribution in [0.5, 0.6) is 0 Å². The fraction of sp³-hybridized carbons (Fsp3) is 0.240. The van der Waals surface area contributed by atoms with Crippen molar-refractivity contribution >= 4 is 72.9 Å². The molecule has 0 unspecified atom stereocenters. The number of nitrogens with two attached hydrogens (primary N) is 1. The summed E-state index contributed by atoms with van der Waals surface area (Å²) in [6.45, 7) is 4.31. The van der Waals surface area contributed by atoms with Gasteiger partial charge in [-0.2, -0.15) is 4.31 Å². The molecule has 1 saturated heterocycles. The highest BCUT2D eigenvalue weighted by Crippen LogP contribution is 2.26. The average Bonchev–Trinajstić information content (AvgIpc) is 3.04. The molecule has 0 spiro atoms. The van der Waals surface area contributed by atoms with Gasteiger partial charge in [-0.1, -0.05) is 29.6 Å². The molecule has 4 N–H and O–H groups in total. The highest BCUT2D eigenvalue weighted by Gasteiger charge is 2.26. The van der Waals surface area contributed by atoms with Gasteiger partial charge in [0.2, 0.25) is 16.0 Å². The van der Waals surface area contributed by atoms with Crippen LogP contribution in [0.4, 0.5) is 16.8 Å². The lowest BCUT2D eigenvalue weighted by atomic mass is 10.2. The van der Waals surface area contributed by atoms with Crippen molar-refractivity contribution < 1.29 is 8.42 Å². The minimum Gasteiger partial charge on any atom is -0.375 e. The Hall–Kier alpha value is -3.09.